The lowest BCUT2D eigenvalue weighted by Gasteiger charge is -2.31. The minimum Gasteiger partial charge on any atom is -0.368 e. The smallest absolute Gasteiger partial charge is 0.249 e. The number of nitrogens with one attached hydrogen (secondary N) is 1. The predicted molar refractivity (Wildman–Crippen MR) is 59.4 cm³/mol. The van der Waals surface area contributed by atoms with Gasteiger partial charge in [-0.2, -0.15) is 0 Å². The first-order chi connectivity index (χ1) is 6.95. The Morgan fingerprint density at radius 3 is 2.67 bits per heavy atom. The first-order valence-corrected chi connectivity index (χ1v) is 5.57. The molecule has 0 saturated carbocycles. The Morgan fingerprint density at radius 1 is 1.60 bits per heavy atom. The largest absolute Gasteiger partial charge is 0.368 e. The van der Waals surface area contributed by atoms with Gasteiger partial charge in [-0.15, -0.1) is 0 Å². The monoisotopic (exact) mass is 214 g/mol. The van der Waals surface area contributed by atoms with Crippen LogP contribution in [0.15, 0.2) is 0 Å². The van der Waals surface area contributed by atoms with Crippen molar-refractivity contribution in [2.24, 2.45) is 11.1 Å². The number of nitrogens with two attached hydrogens (primary N) is 1. The summed E-state index contributed by atoms with van der Waals surface area (Å²) in [5.74, 6) is -0.0159. The van der Waals surface area contributed by atoms with Crippen molar-refractivity contribution in [1.82, 2.24) is 5.32 Å². The molecule has 1 fully saturated rings. The van der Waals surface area contributed by atoms with Gasteiger partial charge in [0.1, 0.15) is 6.10 Å². The van der Waals surface area contributed by atoms with E-state index in [0.29, 0.717) is 13.2 Å². The molecule has 0 spiro atoms. The Labute approximate surface area is 91.5 Å². The van der Waals surface area contributed by atoms with Crippen LogP contribution in [0.4, 0.5) is 0 Å². The number of carbonyl (C=O) groups excluding carboxylic acids is 1. The van der Waals surface area contributed by atoms with E-state index in [1.165, 1.54) is 0 Å². The average molecular weight is 214 g/mol. The molecule has 1 aliphatic heterocycles. The molecule has 0 aromatic heterocycles. The van der Waals surface area contributed by atoms with Gasteiger partial charge in [-0.05, 0) is 18.3 Å². The summed E-state index contributed by atoms with van der Waals surface area (Å²) >= 11 is 0. The highest BCUT2D eigenvalue weighted by Gasteiger charge is 2.29. The summed E-state index contributed by atoms with van der Waals surface area (Å²) in [6.45, 7) is 7.36. The molecule has 2 atom stereocenters. The quantitative estimate of drug-likeness (QED) is 0.725. The van der Waals surface area contributed by atoms with E-state index in [4.69, 9.17) is 10.5 Å². The second-order valence-corrected chi connectivity index (χ2v) is 5.16. The van der Waals surface area contributed by atoms with E-state index >= 15 is 0 Å². The average Bonchev–Trinajstić information content (AvgIpc) is 2.64. The van der Waals surface area contributed by atoms with Crippen LogP contribution in [0.5, 0.6) is 0 Å². The summed E-state index contributed by atoms with van der Waals surface area (Å²) in [5.41, 5.74) is 5.64. The lowest BCUT2D eigenvalue weighted by molar-refractivity contribution is -0.131. The zero-order chi connectivity index (χ0) is 11.5. The van der Waals surface area contributed by atoms with Crippen LogP contribution in [0.2, 0.25) is 0 Å². The van der Waals surface area contributed by atoms with Gasteiger partial charge >= 0.3 is 0 Å². The zero-order valence-electron chi connectivity index (χ0n) is 9.88. The summed E-state index contributed by atoms with van der Waals surface area (Å²) in [5, 5.41) is 2.96. The lowest BCUT2D eigenvalue weighted by atomic mass is 9.86. The summed E-state index contributed by atoms with van der Waals surface area (Å²) in [6.07, 6.45) is 1.54. The number of amides is 1. The number of carbonyl (C=O) groups is 1. The van der Waals surface area contributed by atoms with Crippen molar-refractivity contribution >= 4 is 5.91 Å². The molecule has 1 amide bonds. The molecule has 15 heavy (non-hydrogen) atoms. The Balaban J connectivity index is 2.47. The zero-order valence-corrected chi connectivity index (χ0v) is 9.88. The van der Waals surface area contributed by atoms with Gasteiger partial charge in [-0.25, -0.2) is 0 Å². The van der Waals surface area contributed by atoms with E-state index in [2.05, 4.69) is 26.1 Å². The molecule has 1 aliphatic rings. The molecule has 3 N–H and O–H groups in total. The van der Waals surface area contributed by atoms with E-state index < -0.39 is 0 Å². The summed E-state index contributed by atoms with van der Waals surface area (Å²) in [4.78, 5) is 11.8. The van der Waals surface area contributed by atoms with Crippen molar-refractivity contribution in [1.29, 1.82) is 0 Å². The second-order valence-electron chi connectivity index (χ2n) is 5.16. The highest BCUT2D eigenvalue weighted by Crippen LogP contribution is 2.19. The molecule has 4 nitrogen and oxygen atoms in total. The molecule has 0 radical (unpaired) electrons. The third-order valence-electron chi connectivity index (χ3n) is 2.82. The van der Waals surface area contributed by atoms with Crippen LogP contribution < -0.4 is 11.1 Å². The third kappa shape index (κ3) is 3.47. The van der Waals surface area contributed by atoms with Crippen molar-refractivity contribution in [2.75, 3.05) is 13.2 Å². The minimum atomic E-state index is -0.263. The van der Waals surface area contributed by atoms with Crippen molar-refractivity contribution in [3.63, 3.8) is 0 Å². The predicted octanol–water partition coefficient (Wildman–Crippen LogP) is 0.655. The molecule has 4 heteroatoms. The molecule has 1 unspecified atom stereocenters. The van der Waals surface area contributed by atoms with Gasteiger partial charge in [0.05, 0.1) is 0 Å². The van der Waals surface area contributed by atoms with Crippen LogP contribution in [0.25, 0.3) is 0 Å². The van der Waals surface area contributed by atoms with Crippen molar-refractivity contribution in [3.8, 4) is 0 Å². The van der Waals surface area contributed by atoms with Gasteiger partial charge in [-0.3, -0.25) is 4.79 Å². The third-order valence-corrected chi connectivity index (χ3v) is 2.82. The van der Waals surface area contributed by atoms with Crippen molar-refractivity contribution < 1.29 is 9.53 Å². The van der Waals surface area contributed by atoms with E-state index in [-0.39, 0.29) is 23.5 Å². The molecular weight excluding hydrogens is 192 g/mol. The Hall–Kier alpha value is -0.610. The molecule has 1 rings (SSSR count). The maximum absolute atomic E-state index is 11.8. The molecule has 0 aromatic carbocycles. The molecule has 1 saturated heterocycles. The molecule has 0 aliphatic carbocycles. The molecular formula is C11H22N2O2. The van der Waals surface area contributed by atoms with Gasteiger partial charge in [0, 0.05) is 19.2 Å². The van der Waals surface area contributed by atoms with E-state index in [9.17, 15) is 4.79 Å². The highest BCUT2D eigenvalue weighted by molar-refractivity contribution is 5.81. The van der Waals surface area contributed by atoms with Gasteiger partial charge in [-0.1, -0.05) is 20.8 Å². The van der Waals surface area contributed by atoms with Crippen LogP contribution in [0.3, 0.4) is 0 Å². The summed E-state index contributed by atoms with van der Waals surface area (Å²) in [6, 6.07) is 0.00852. The number of hydrogen-bond donors (Lipinski definition) is 2. The van der Waals surface area contributed by atoms with E-state index in [1.54, 1.807) is 0 Å². The Morgan fingerprint density at radius 2 is 2.27 bits per heavy atom. The molecule has 1 heterocycles. The topological polar surface area (TPSA) is 64.3 Å². The van der Waals surface area contributed by atoms with Crippen molar-refractivity contribution in [3.05, 3.63) is 0 Å². The highest BCUT2D eigenvalue weighted by atomic mass is 16.5. The number of hydrogen-bond acceptors (Lipinski definition) is 3. The number of ether oxygens (including phenoxy) is 1. The van der Waals surface area contributed by atoms with E-state index in [1.807, 2.05) is 0 Å². The minimum absolute atomic E-state index is 0.00852. The number of rotatable bonds is 3. The maximum atomic E-state index is 11.8. The van der Waals surface area contributed by atoms with Gasteiger partial charge in [0.2, 0.25) is 5.91 Å². The van der Waals surface area contributed by atoms with Gasteiger partial charge in [0.25, 0.3) is 0 Å². The van der Waals surface area contributed by atoms with Gasteiger partial charge < -0.3 is 15.8 Å². The molecule has 0 aromatic rings. The second kappa shape index (κ2) is 4.94. The Bertz CT molecular complexity index is 217. The maximum Gasteiger partial charge on any atom is 0.249 e. The van der Waals surface area contributed by atoms with E-state index in [0.717, 1.165) is 12.8 Å². The normalized spacial score (nSPS) is 23.9. The first kappa shape index (κ1) is 12.5. The van der Waals surface area contributed by atoms with Crippen LogP contribution in [-0.4, -0.2) is 31.2 Å². The molecule has 88 valence electrons. The molecule has 0 bridgehead atoms. The Kier molecular flexibility index (Phi) is 4.11. The van der Waals surface area contributed by atoms with Crippen LogP contribution in [0.1, 0.15) is 33.6 Å². The van der Waals surface area contributed by atoms with Gasteiger partial charge in [0.15, 0.2) is 0 Å². The van der Waals surface area contributed by atoms with Crippen molar-refractivity contribution in [2.45, 2.75) is 45.8 Å². The lowest BCUT2D eigenvalue weighted by Crippen LogP contribution is -2.51. The SMILES string of the molecule is CC(C)(C)C(CN)NC(=O)[C@H]1CCCO1. The summed E-state index contributed by atoms with van der Waals surface area (Å²) < 4.78 is 5.32. The fourth-order valence-corrected chi connectivity index (χ4v) is 1.68. The first-order valence-electron chi connectivity index (χ1n) is 5.57. The van der Waals surface area contributed by atoms with Crippen LogP contribution >= 0.6 is 0 Å². The fraction of sp³-hybridized carbons (Fsp3) is 0.909. The fourth-order valence-electron chi connectivity index (χ4n) is 1.68. The van der Waals surface area contributed by atoms with Crippen LogP contribution in [0, 0.1) is 5.41 Å². The van der Waals surface area contributed by atoms with Crippen LogP contribution in [-0.2, 0) is 9.53 Å². The standard InChI is InChI=1S/C11H22N2O2/c1-11(2,3)9(7-12)13-10(14)8-5-4-6-15-8/h8-9H,4-7,12H2,1-3H3,(H,13,14)/t8-,9?/m1/s1. The summed E-state index contributed by atoms with van der Waals surface area (Å²) in [7, 11) is 0.